The zero-order chi connectivity index (χ0) is 17.8. The number of amides is 2. The highest BCUT2D eigenvalue weighted by atomic mass is 35.5. The third-order valence-electron chi connectivity index (χ3n) is 3.56. The standard InChI is InChI=1S/C18H27ClN2O3/c1-3-5-6-7-13-21(14-12-17(22)24-4-2)18(23)20-16-10-8-15(19)9-11-16/h8-11H,3-7,12-14H2,1-2H3,(H,20,23). The molecule has 5 nitrogen and oxygen atoms in total. The van der Waals surface area contributed by atoms with E-state index in [1.54, 1.807) is 36.1 Å². The van der Waals surface area contributed by atoms with E-state index in [0.29, 0.717) is 30.4 Å². The minimum absolute atomic E-state index is 0.204. The second kappa shape index (κ2) is 11.7. The normalized spacial score (nSPS) is 10.3. The zero-order valence-electron chi connectivity index (χ0n) is 14.5. The van der Waals surface area contributed by atoms with E-state index in [4.69, 9.17) is 16.3 Å². The molecule has 0 aromatic heterocycles. The maximum absolute atomic E-state index is 12.5. The number of halogens is 1. The Balaban J connectivity index is 2.58. The molecule has 0 aliphatic heterocycles. The van der Waals surface area contributed by atoms with E-state index in [9.17, 15) is 9.59 Å². The van der Waals surface area contributed by atoms with E-state index < -0.39 is 0 Å². The van der Waals surface area contributed by atoms with Gasteiger partial charge < -0.3 is 15.0 Å². The van der Waals surface area contributed by atoms with Crippen LogP contribution in [0.5, 0.6) is 0 Å². The number of anilines is 1. The largest absolute Gasteiger partial charge is 0.466 e. The van der Waals surface area contributed by atoms with Crippen LogP contribution in [0.15, 0.2) is 24.3 Å². The summed E-state index contributed by atoms with van der Waals surface area (Å²) in [4.78, 5) is 25.7. The van der Waals surface area contributed by atoms with Crippen LogP contribution >= 0.6 is 11.6 Å². The Labute approximate surface area is 149 Å². The van der Waals surface area contributed by atoms with Crippen molar-refractivity contribution in [3.05, 3.63) is 29.3 Å². The first-order valence-electron chi connectivity index (χ1n) is 8.54. The lowest BCUT2D eigenvalue weighted by Gasteiger charge is -2.23. The molecule has 0 fully saturated rings. The van der Waals surface area contributed by atoms with Crippen LogP contribution in [0.4, 0.5) is 10.5 Å². The summed E-state index contributed by atoms with van der Waals surface area (Å²) in [6, 6.07) is 6.74. The third kappa shape index (κ3) is 8.20. The quantitative estimate of drug-likeness (QED) is 0.489. The van der Waals surface area contributed by atoms with Gasteiger partial charge in [0, 0.05) is 23.8 Å². The molecule has 0 heterocycles. The summed E-state index contributed by atoms with van der Waals surface area (Å²) in [5.41, 5.74) is 0.680. The number of hydrogen-bond donors (Lipinski definition) is 1. The molecule has 0 aliphatic rings. The number of unbranched alkanes of at least 4 members (excludes halogenated alkanes) is 3. The van der Waals surface area contributed by atoms with Crippen molar-refractivity contribution in [2.24, 2.45) is 0 Å². The lowest BCUT2D eigenvalue weighted by Crippen LogP contribution is -2.37. The Morgan fingerprint density at radius 3 is 2.42 bits per heavy atom. The van der Waals surface area contributed by atoms with E-state index in [2.05, 4.69) is 12.2 Å². The van der Waals surface area contributed by atoms with Gasteiger partial charge in [-0.1, -0.05) is 37.8 Å². The fourth-order valence-electron chi connectivity index (χ4n) is 2.24. The van der Waals surface area contributed by atoms with Gasteiger partial charge in [0.2, 0.25) is 0 Å². The molecule has 1 rings (SSSR count). The van der Waals surface area contributed by atoms with E-state index >= 15 is 0 Å². The lowest BCUT2D eigenvalue weighted by molar-refractivity contribution is -0.143. The second-order valence-electron chi connectivity index (χ2n) is 5.54. The van der Waals surface area contributed by atoms with Gasteiger partial charge in [0.1, 0.15) is 0 Å². The van der Waals surface area contributed by atoms with Crippen LogP contribution in [0.25, 0.3) is 0 Å². The number of benzene rings is 1. The fourth-order valence-corrected chi connectivity index (χ4v) is 2.37. The smallest absolute Gasteiger partial charge is 0.321 e. The lowest BCUT2D eigenvalue weighted by atomic mass is 10.2. The van der Waals surface area contributed by atoms with Gasteiger partial charge in [-0.15, -0.1) is 0 Å². The molecule has 134 valence electrons. The van der Waals surface area contributed by atoms with Gasteiger partial charge in [-0.25, -0.2) is 4.79 Å². The first-order valence-corrected chi connectivity index (χ1v) is 8.91. The average Bonchev–Trinajstić information content (AvgIpc) is 2.56. The van der Waals surface area contributed by atoms with Gasteiger partial charge >= 0.3 is 12.0 Å². The SMILES string of the molecule is CCCCCCN(CCC(=O)OCC)C(=O)Nc1ccc(Cl)cc1. The van der Waals surface area contributed by atoms with Crippen LogP contribution in [-0.2, 0) is 9.53 Å². The van der Waals surface area contributed by atoms with Gasteiger partial charge in [0.05, 0.1) is 13.0 Å². The van der Waals surface area contributed by atoms with Crippen LogP contribution in [0, 0.1) is 0 Å². The Kier molecular flexibility index (Phi) is 9.92. The number of carbonyl (C=O) groups excluding carboxylic acids is 2. The summed E-state index contributed by atoms with van der Waals surface area (Å²) in [5.74, 6) is -0.282. The van der Waals surface area contributed by atoms with Crippen molar-refractivity contribution in [2.75, 3.05) is 25.0 Å². The fraction of sp³-hybridized carbons (Fsp3) is 0.556. The minimum Gasteiger partial charge on any atom is -0.466 e. The van der Waals surface area contributed by atoms with E-state index in [-0.39, 0.29) is 18.4 Å². The Morgan fingerprint density at radius 1 is 1.08 bits per heavy atom. The van der Waals surface area contributed by atoms with Crippen LogP contribution in [-0.4, -0.2) is 36.6 Å². The van der Waals surface area contributed by atoms with Gasteiger partial charge in [-0.05, 0) is 37.6 Å². The van der Waals surface area contributed by atoms with Crippen LogP contribution in [0.3, 0.4) is 0 Å². The molecule has 1 N–H and O–H groups in total. The summed E-state index contributed by atoms with van der Waals surface area (Å²) < 4.78 is 4.93. The number of rotatable bonds is 10. The maximum Gasteiger partial charge on any atom is 0.321 e. The summed E-state index contributed by atoms with van der Waals surface area (Å²) in [5, 5.41) is 3.46. The summed E-state index contributed by atoms with van der Waals surface area (Å²) in [6.07, 6.45) is 4.48. The molecule has 0 unspecified atom stereocenters. The predicted octanol–water partition coefficient (Wildman–Crippen LogP) is 4.71. The monoisotopic (exact) mass is 354 g/mol. The van der Waals surface area contributed by atoms with E-state index in [1.807, 2.05) is 0 Å². The van der Waals surface area contributed by atoms with Gasteiger partial charge in [-0.2, -0.15) is 0 Å². The maximum atomic E-state index is 12.5. The number of hydrogen-bond acceptors (Lipinski definition) is 3. The predicted molar refractivity (Wildman–Crippen MR) is 97.4 cm³/mol. The van der Waals surface area contributed by atoms with Crippen molar-refractivity contribution in [3.8, 4) is 0 Å². The number of urea groups is 1. The highest BCUT2D eigenvalue weighted by Gasteiger charge is 2.15. The number of ether oxygens (including phenoxy) is 1. The number of esters is 1. The van der Waals surface area contributed by atoms with Crippen molar-refractivity contribution < 1.29 is 14.3 Å². The molecule has 0 saturated carbocycles. The van der Waals surface area contributed by atoms with Crippen LogP contribution < -0.4 is 5.32 Å². The van der Waals surface area contributed by atoms with Crippen molar-refractivity contribution in [3.63, 3.8) is 0 Å². The number of nitrogens with zero attached hydrogens (tertiary/aromatic N) is 1. The second-order valence-corrected chi connectivity index (χ2v) is 5.98. The molecule has 6 heteroatoms. The summed E-state index contributed by atoms with van der Waals surface area (Å²) in [7, 11) is 0. The molecular weight excluding hydrogens is 328 g/mol. The van der Waals surface area contributed by atoms with E-state index in [1.165, 1.54) is 0 Å². The highest BCUT2D eigenvalue weighted by Crippen LogP contribution is 2.14. The molecule has 0 saturated heterocycles. The van der Waals surface area contributed by atoms with Crippen LogP contribution in [0.1, 0.15) is 46.0 Å². The van der Waals surface area contributed by atoms with Gasteiger partial charge in [0.25, 0.3) is 0 Å². The zero-order valence-corrected chi connectivity index (χ0v) is 15.3. The number of carbonyl (C=O) groups is 2. The molecule has 0 radical (unpaired) electrons. The van der Waals surface area contributed by atoms with Crippen LogP contribution in [0.2, 0.25) is 5.02 Å². The van der Waals surface area contributed by atoms with Crippen molar-refractivity contribution >= 4 is 29.3 Å². The molecule has 1 aromatic carbocycles. The number of nitrogens with one attached hydrogen (secondary N) is 1. The molecule has 0 bridgehead atoms. The Bertz CT molecular complexity index is 505. The molecule has 2 amide bonds. The summed E-state index contributed by atoms with van der Waals surface area (Å²) in [6.45, 7) is 5.24. The minimum atomic E-state index is -0.282. The van der Waals surface area contributed by atoms with Crippen molar-refractivity contribution in [2.45, 2.75) is 46.0 Å². The third-order valence-corrected chi connectivity index (χ3v) is 3.81. The average molecular weight is 355 g/mol. The Morgan fingerprint density at radius 2 is 1.79 bits per heavy atom. The van der Waals surface area contributed by atoms with Crippen molar-refractivity contribution in [1.29, 1.82) is 0 Å². The molecule has 0 spiro atoms. The molecule has 0 aliphatic carbocycles. The molecule has 24 heavy (non-hydrogen) atoms. The first-order chi connectivity index (χ1) is 11.6. The van der Waals surface area contributed by atoms with Gasteiger partial charge in [0.15, 0.2) is 0 Å². The molecule has 1 aromatic rings. The molecular formula is C18H27ClN2O3. The highest BCUT2D eigenvalue weighted by molar-refractivity contribution is 6.30. The van der Waals surface area contributed by atoms with Gasteiger partial charge in [-0.3, -0.25) is 4.79 Å². The first kappa shape index (κ1) is 20.3. The topological polar surface area (TPSA) is 58.6 Å². The van der Waals surface area contributed by atoms with E-state index in [0.717, 1.165) is 25.7 Å². The molecule has 0 atom stereocenters. The van der Waals surface area contributed by atoms with Crippen molar-refractivity contribution in [1.82, 2.24) is 4.90 Å². The Hall–Kier alpha value is -1.75. The summed E-state index contributed by atoms with van der Waals surface area (Å²) >= 11 is 5.85.